The second-order valence-electron chi connectivity index (χ2n) is 6.05. The second-order valence-corrected chi connectivity index (χ2v) is 9.75. The predicted octanol–water partition coefficient (Wildman–Crippen LogP) is 5.11. The van der Waals surface area contributed by atoms with Gasteiger partial charge in [-0.25, -0.2) is 9.13 Å². The van der Waals surface area contributed by atoms with Crippen LogP contribution in [0.15, 0.2) is 52.0 Å². The molecule has 2 atom stereocenters. The number of hydrogen-bond acceptors (Lipinski definition) is 5. The number of phosphoric acid groups is 2. The van der Waals surface area contributed by atoms with Crippen molar-refractivity contribution in [2.75, 3.05) is 5.32 Å². The minimum Gasteiger partial charge on any atom is -0.356 e. The maximum atomic E-state index is 11.9. The average Bonchev–Trinajstić information content (AvgIpc) is 2.43. The first kappa shape index (κ1) is 24.3. The first-order chi connectivity index (χ1) is 12.4. The van der Waals surface area contributed by atoms with Crippen LogP contribution < -0.4 is 5.32 Å². The van der Waals surface area contributed by atoms with Gasteiger partial charge < -0.3 is 20.0 Å². The van der Waals surface area contributed by atoms with Gasteiger partial charge in [0, 0.05) is 10.2 Å². The summed E-state index contributed by atoms with van der Waals surface area (Å²) in [4.78, 5) is 27.2. The lowest BCUT2D eigenvalue weighted by Gasteiger charge is -2.21. The number of rotatable bonds is 10. The molecule has 8 nitrogen and oxygen atoms in total. The molecule has 0 saturated carbocycles. The van der Waals surface area contributed by atoms with Crippen LogP contribution >= 0.6 is 31.6 Å². The van der Waals surface area contributed by atoms with E-state index in [1.807, 2.05) is 20.8 Å². The van der Waals surface area contributed by atoms with Crippen molar-refractivity contribution < 1.29 is 32.6 Å². The van der Waals surface area contributed by atoms with Crippen molar-refractivity contribution in [2.24, 2.45) is 0 Å². The topological polar surface area (TPSA) is 125 Å². The van der Waals surface area contributed by atoms with E-state index < -0.39 is 21.9 Å². The quantitative estimate of drug-likeness (QED) is 0.205. The molecule has 4 N–H and O–H groups in total. The van der Waals surface area contributed by atoms with Gasteiger partial charge in [-0.2, -0.15) is 4.31 Å². The molecule has 0 bridgehead atoms. The Bertz CT molecular complexity index is 787. The molecule has 0 saturated heterocycles. The normalized spacial score (nSPS) is 15.7. The fraction of sp³-hybridized carbons (Fsp3) is 0.375. The van der Waals surface area contributed by atoms with E-state index in [1.54, 1.807) is 30.3 Å². The third-order valence-electron chi connectivity index (χ3n) is 3.12. The summed E-state index contributed by atoms with van der Waals surface area (Å²) in [6, 6.07) is 6.98. The first-order valence-electron chi connectivity index (χ1n) is 7.97. The van der Waals surface area contributed by atoms with Crippen LogP contribution in [0, 0.1) is 0 Å². The molecule has 0 radical (unpaired) electrons. The predicted molar refractivity (Wildman–Crippen MR) is 108 cm³/mol. The number of nitrogens with one attached hydrogen (secondary N) is 1. The molecule has 0 aliphatic rings. The summed E-state index contributed by atoms with van der Waals surface area (Å²) < 4.78 is 32.4. The Hall–Kier alpha value is -0.760. The number of benzene rings is 1. The molecule has 0 heterocycles. The third-order valence-corrected chi connectivity index (χ3v) is 5.78. The van der Waals surface area contributed by atoms with Gasteiger partial charge in [-0.05, 0) is 57.9 Å². The Morgan fingerprint density at radius 2 is 1.93 bits per heavy atom. The Morgan fingerprint density at radius 3 is 2.48 bits per heavy atom. The minimum absolute atomic E-state index is 0.568. The lowest BCUT2D eigenvalue weighted by Crippen LogP contribution is -2.20. The molecular weight excluding hydrogens is 460 g/mol. The zero-order valence-corrected chi connectivity index (χ0v) is 18.6. The monoisotopic (exact) mass is 483 g/mol. The summed E-state index contributed by atoms with van der Waals surface area (Å²) in [7, 11) is -10.2. The number of halogens is 1. The minimum atomic E-state index is -5.20. The van der Waals surface area contributed by atoms with E-state index in [4.69, 9.17) is 14.3 Å². The van der Waals surface area contributed by atoms with Crippen molar-refractivity contribution in [3.63, 3.8) is 0 Å². The van der Waals surface area contributed by atoms with Crippen molar-refractivity contribution in [3.8, 4) is 0 Å². The smallest absolute Gasteiger partial charge is 0.356 e. The largest absolute Gasteiger partial charge is 0.483 e. The van der Waals surface area contributed by atoms with Gasteiger partial charge in [0.25, 0.3) is 0 Å². The summed E-state index contributed by atoms with van der Waals surface area (Å²) >= 11 is 3.32. The molecule has 11 heteroatoms. The number of phosphoric ester groups is 1. The Kier molecular flexibility index (Phi) is 9.62. The Balaban J connectivity index is 2.99. The van der Waals surface area contributed by atoms with Crippen molar-refractivity contribution >= 4 is 37.3 Å². The van der Waals surface area contributed by atoms with Gasteiger partial charge in [0.15, 0.2) is 6.23 Å². The molecule has 1 aromatic carbocycles. The Morgan fingerprint density at radius 1 is 1.26 bits per heavy atom. The molecule has 27 heavy (non-hydrogen) atoms. The van der Waals surface area contributed by atoms with Gasteiger partial charge in [0.05, 0.1) is 0 Å². The molecule has 0 aliphatic carbocycles. The highest BCUT2D eigenvalue weighted by atomic mass is 79.9. The van der Waals surface area contributed by atoms with Gasteiger partial charge in [-0.1, -0.05) is 39.2 Å². The molecule has 0 fully saturated rings. The molecule has 1 rings (SSSR count). The molecule has 0 aromatic heterocycles. The van der Waals surface area contributed by atoms with E-state index in [0.717, 1.165) is 16.5 Å². The van der Waals surface area contributed by atoms with Crippen LogP contribution in [0.5, 0.6) is 0 Å². The van der Waals surface area contributed by atoms with E-state index in [9.17, 15) is 14.0 Å². The highest BCUT2D eigenvalue weighted by Gasteiger charge is 2.34. The molecule has 152 valence electrons. The highest BCUT2D eigenvalue weighted by molar-refractivity contribution is 9.10. The second kappa shape index (κ2) is 10.7. The summed E-state index contributed by atoms with van der Waals surface area (Å²) in [6.07, 6.45) is 3.94. The molecule has 2 unspecified atom stereocenters. The van der Waals surface area contributed by atoms with Crippen molar-refractivity contribution in [2.45, 2.75) is 39.8 Å². The fourth-order valence-electron chi connectivity index (χ4n) is 2.07. The third kappa shape index (κ3) is 11.6. The van der Waals surface area contributed by atoms with Crippen LogP contribution in [0.1, 0.15) is 33.6 Å². The number of hydrogen-bond donors (Lipinski definition) is 4. The first-order valence-corrected chi connectivity index (χ1v) is 11.8. The van der Waals surface area contributed by atoms with Crippen LogP contribution in [0.2, 0.25) is 0 Å². The number of allylic oxidation sites excluding steroid dienone is 3. The van der Waals surface area contributed by atoms with Gasteiger partial charge in [0.1, 0.15) is 0 Å². The van der Waals surface area contributed by atoms with Gasteiger partial charge >= 0.3 is 15.6 Å². The lowest BCUT2D eigenvalue weighted by atomic mass is 10.1. The number of anilines is 1. The zero-order chi connectivity index (χ0) is 20.7. The molecule has 0 spiro atoms. The highest BCUT2D eigenvalue weighted by Crippen LogP contribution is 2.58. The summed E-state index contributed by atoms with van der Waals surface area (Å²) in [5, 5.41) is 2.88. The van der Waals surface area contributed by atoms with E-state index in [0.29, 0.717) is 12.1 Å². The molecular formula is C16H24BrNO7P2. The lowest BCUT2D eigenvalue weighted by molar-refractivity contribution is 0.162. The van der Waals surface area contributed by atoms with E-state index >= 15 is 0 Å². The van der Waals surface area contributed by atoms with E-state index in [2.05, 4.69) is 31.6 Å². The van der Waals surface area contributed by atoms with E-state index in [-0.39, 0.29) is 0 Å². The molecule has 1 aromatic rings. The average molecular weight is 484 g/mol. The standard InChI is InChI=1S/C16H24BrNO7P2/c1-12(2)6-4-7-13(3)10-16(18-15-9-5-8-14(17)11-15)24-27(22,23)25-26(19,20)21/h5-6,8-11,16,18H,4,7H2,1-3H3,(H,22,23)(H2,19,20,21). The SMILES string of the molecule is CC(C)=CCCC(C)=CC(Nc1cccc(Br)c1)OP(=O)(O)OP(=O)(O)O. The van der Waals surface area contributed by atoms with Gasteiger partial charge in [-0.3, -0.25) is 4.52 Å². The molecule has 0 aliphatic heterocycles. The summed E-state index contributed by atoms with van der Waals surface area (Å²) in [6.45, 7) is 5.80. The van der Waals surface area contributed by atoms with Crippen LogP contribution in [0.4, 0.5) is 5.69 Å². The maximum Gasteiger partial charge on any atom is 0.483 e. The van der Waals surface area contributed by atoms with Crippen LogP contribution in [-0.4, -0.2) is 20.9 Å². The Labute approximate surface area is 167 Å². The van der Waals surface area contributed by atoms with Crippen LogP contribution in [0.25, 0.3) is 0 Å². The summed E-state index contributed by atoms with van der Waals surface area (Å²) in [5.41, 5.74) is 2.60. The molecule has 0 amide bonds. The van der Waals surface area contributed by atoms with Gasteiger partial charge in [0.2, 0.25) is 0 Å². The van der Waals surface area contributed by atoms with Crippen molar-refractivity contribution in [1.82, 2.24) is 0 Å². The van der Waals surface area contributed by atoms with Crippen molar-refractivity contribution in [3.05, 3.63) is 52.0 Å². The summed E-state index contributed by atoms with van der Waals surface area (Å²) in [5.74, 6) is 0. The van der Waals surface area contributed by atoms with Crippen LogP contribution in [0.3, 0.4) is 0 Å². The van der Waals surface area contributed by atoms with E-state index in [1.165, 1.54) is 5.57 Å². The fourth-order valence-corrected chi connectivity index (χ4v) is 4.10. The van der Waals surface area contributed by atoms with Crippen LogP contribution in [-0.2, 0) is 18.0 Å². The zero-order valence-electron chi connectivity index (χ0n) is 15.2. The van der Waals surface area contributed by atoms with Gasteiger partial charge in [-0.15, -0.1) is 0 Å². The maximum absolute atomic E-state index is 11.9. The van der Waals surface area contributed by atoms with Crippen molar-refractivity contribution in [1.29, 1.82) is 0 Å².